The molecule has 0 aliphatic rings. The fourth-order valence-corrected chi connectivity index (χ4v) is 3.44. The van der Waals surface area contributed by atoms with Gasteiger partial charge in [0.25, 0.3) is 0 Å². The summed E-state index contributed by atoms with van der Waals surface area (Å²) in [5.74, 6) is 0. The van der Waals surface area contributed by atoms with Gasteiger partial charge >= 0.3 is 6.03 Å². The van der Waals surface area contributed by atoms with Gasteiger partial charge in [-0.2, -0.15) is 0 Å². The van der Waals surface area contributed by atoms with Crippen molar-refractivity contribution < 1.29 is 13.2 Å². The van der Waals surface area contributed by atoms with Crippen molar-refractivity contribution in [2.75, 3.05) is 11.6 Å². The summed E-state index contributed by atoms with van der Waals surface area (Å²) in [5.41, 5.74) is 2.08. The van der Waals surface area contributed by atoms with Crippen LogP contribution >= 0.6 is 23.2 Å². The molecule has 2 aromatic rings. The Labute approximate surface area is 170 Å². The Morgan fingerprint density at radius 3 is 2.33 bits per heavy atom. The minimum absolute atomic E-state index is 0.0853. The van der Waals surface area contributed by atoms with Gasteiger partial charge in [-0.05, 0) is 56.2 Å². The van der Waals surface area contributed by atoms with Crippen molar-refractivity contribution in [3.63, 3.8) is 0 Å². The lowest BCUT2D eigenvalue weighted by atomic mass is 10.2. The van der Waals surface area contributed by atoms with Crippen molar-refractivity contribution in [3.8, 4) is 0 Å². The number of halogens is 2. The number of urea groups is 1. The monoisotopic (exact) mass is 428 g/mol. The van der Waals surface area contributed by atoms with E-state index in [4.69, 9.17) is 23.2 Å². The second-order valence-electron chi connectivity index (χ2n) is 6.65. The lowest BCUT2D eigenvalue weighted by Gasteiger charge is -2.27. The molecular weight excluding hydrogens is 407 g/mol. The first-order valence-electron chi connectivity index (χ1n) is 8.31. The molecule has 5 nitrogen and oxygen atoms in total. The molecule has 0 atom stereocenters. The van der Waals surface area contributed by atoms with E-state index >= 15 is 0 Å². The molecule has 0 bridgehead atoms. The van der Waals surface area contributed by atoms with Crippen molar-refractivity contribution in [1.29, 1.82) is 0 Å². The Hall–Kier alpha value is -1.76. The average molecular weight is 429 g/mol. The van der Waals surface area contributed by atoms with Crippen LogP contribution in [-0.2, 0) is 16.4 Å². The zero-order valence-electron chi connectivity index (χ0n) is 15.6. The quantitative estimate of drug-likeness (QED) is 0.715. The zero-order valence-corrected chi connectivity index (χ0v) is 17.9. The summed E-state index contributed by atoms with van der Waals surface area (Å²) in [7, 11) is -3.36. The van der Waals surface area contributed by atoms with E-state index in [2.05, 4.69) is 5.32 Å². The second-order valence-corrected chi connectivity index (χ2v) is 9.48. The first-order chi connectivity index (χ1) is 12.5. The maximum atomic E-state index is 12.8. The number of benzene rings is 2. The van der Waals surface area contributed by atoms with E-state index < -0.39 is 9.84 Å². The topological polar surface area (TPSA) is 66.5 Å². The molecule has 2 rings (SSSR count). The maximum absolute atomic E-state index is 12.8. The third-order valence-corrected chi connectivity index (χ3v) is 5.95. The molecule has 0 saturated carbocycles. The van der Waals surface area contributed by atoms with Crippen LogP contribution in [0.2, 0.25) is 10.0 Å². The molecule has 0 spiro atoms. The summed E-state index contributed by atoms with van der Waals surface area (Å²) in [4.78, 5) is 14.6. The molecule has 0 unspecified atom stereocenters. The summed E-state index contributed by atoms with van der Waals surface area (Å²) >= 11 is 12.0. The standard InChI is InChI=1S/C19H22Cl2N2O3S/c1-12(2)23(11-14-6-8-16(20)17(21)9-14)19(24)22-18-10-15(27(4,25)26)7-5-13(18)3/h5-10,12H,11H2,1-4H3,(H,22,24). The van der Waals surface area contributed by atoms with Crippen LogP contribution in [0.5, 0.6) is 0 Å². The summed E-state index contributed by atoms with van der Waals surface area (Å²) in [6, 6.07) is 9.48. The lowest BCUT2D eigenvalue weighted by Crippen LogP contribution is -2.39. The average Bonchev–Trinajstić information content (AvgIpc) is 2.56. The predicted molar refractivity (Wildman–Crippen MR) is 110 cm³/mol. The van der Waals surface area contributed by atoms with Gasteiger partial charge in [-0.25, -0.2) is 13.2 Å². The highest BCUT2D eigenvalue weighted by Crippen LogP contribution is 2.25. The van der Waals surface area contributed by atoms with Crippen LogP contribution in [-0.4, -0.2) is 31.6 Å². The molecule has 0 heterocycles. The van der Waals surface area contributed by atoms with Gasteiger partial charge in [-0.15, -0.1) is 0 Å². The van der Waals surface area contributed by atoms with Crippen LogP contribution in [0.3, 0.4) is 0 Å². The molecule has 27 heavy (non-hydrogen) atoms. The van der Waals surface area contributed by atoms with Gasteiger partial charge in [-0.1, -0.05) is 35.3 Å². The van der Waals surface area contributed by atoms with E-state index in [1.54, 1.807) is 30.0 Å². The zero-order chi connectivity index (χ0) is 20.4. The van der Waals surface area contributed by atoms with Crippen LogP contribution in [0.1, 0.15) is 25.0 Å². The van der Waals surface area contributed by atoms with Crippen molar-refractivity contribution in [2.45, 2.75) is 38.3 Å². The number of nitrogens with one attached hydrogen (secondary N) is 1. The molecule has 146 valence electrons. The molecule has 0 fully saturated rings. The van der Waals surface area contributed by atoms with Gasteiger partial charge in [0.15, 0.2) is 9.84 Å². The highest BCUT2D eigenvalue weighted by atomic mass is 35.5. The third-order valence-electron chi connectivity index (χ3n) is 4.10. The van der Waals surface area contributed by atoms with Gasteiger partial charge in [0.1, 0.15) is 0 Å². The van der Waals surface area contributed by atoms with E-state index in [1.165, 1.54) is 12.1 Å². The second kappa shape index (κ2) is 8.50. The SMILES string of the molecule is Cc1ccc(S(C)(=O)=O)cc1NC(=O)N(Cc1ccc(Cl)c(Cl)c1)C(C)C. The number of carbonyl (C=O) groups excluding carboxylic acids is 1. The lowest BCUT2D eigenvalue weighted by molar-refractivity contribution is 0.193. The normalized spacial score (nSPS) is 11.5. The number of hydrogen-bond acceptors (Lipinski definition) is 3. The highest BCUT2D eigenvalue weighted by Gasteiger charge is 2.19. The first kappa shape index (κ1) is 21.5. The Morgan fingerprint density at radius 2 is 1.78 bits per heavy atom. The smallest absolute Gasteiger partial charge is 0.318 e. The molecule has 0 saturated heterocycles. The molecular formula is C19H22Cl2N2O3S. The van der Waals surface area contributed by atoms with Crippen LogP contribution in [0.15, 0.2) is 41.3 Å². The number of hydrogen-bond donors (Lipinski definition) is 1. The maximum Gasteiger partial charge on any atom is 0.322 e. The number of amides is 2. The number of sulfone groups is 1. The summed E-state index contributed by atoms with van der Waals surface area (Å²) in [6.45, 7) is 5.94. The number of anilines is 1. The molecule has 1 N–H and O–H groups in total. The first-order valence-corrected chi connectivity index (χ1v) is 11.0. The molecule has 0 aliphatic carbocycles. The molecule has 2 amide bonds. The van der Waals surface area contributed by atoms with Gasteiger partial charge in [-0.3, -0.25) is 0 Å². The molecule has 0 radical (unpaired) electrons. The van der Waals surface area contributed by atoms with E-state index in [1.807, 2.05) is 19.9 Å². The minimum Gasteiger partial charge on any atom is -0.318 e. The predicted octanol–water partition coefficient (Wildman–Crippen LogP) is 5.15. The largest absolute Gasteiger partial charge is 0.322 e. The number of aryl methyl sites for hydroxylation is 1. The summed E-state index contributed by atoms with van der Waals surface area (Å²) in [5, 5.41) is 3.69. The van der Waals surface area contributed by atoms with Gasteiger partial charge < -0.3 is 10.2 Å². The molecule has 8 heteroatoms. The Balaban J connectivity index is 2.26. The number of rotatable bonds is 5. The Morgan fingerprint density at radius 1 is 1.11 bits per heavy atom. The number of carbonyl (C=O) groups is 1. The third kappa shape index (κ3) is 5.61. The van der Waals surface area contributed by atoms with Crippen molar-refractivity contribution in [3.05, 3.63) is 57.6 Å². The Bertz CT molecular complexity index is 959. The van der Waals surface area contributed by atoms with Gasteiger partial charge in [0.05, 0.1) is 14.9 Å². The van der Waals surface area contributed by atoms with E-state index in [-0.39, 0.29) is 17.0 Å². The fourth-order valence-electron chi connectivity index (χ4n) is 2.48. The van der Waals surface area contributed by atoms with Crippen LogP contribution < -0.4 is 5.32 Å². The van der Waals surface area contributed by atoms with Crippen LogP contribution in [0.4, 0.5) is 10.5 Å². The van der Waals surface area contributed by atoms with E-state index in [0.29, 0.717) is 22.3 Å². The number of nitrogens with zero attached hydrogens (tertiary/aromatic N) is 1. The van der Waals surface area contributed by atoms with Crippen LogP contribution in [0.25, 0.3) is 0 Å². The van der Waals surface area contributed by atoms with E-state index in [9.17, 15) is 13.2 Å². The van der Waals surface area contributed by atoms with Crippen molar-refractivity contribution >= 4 is 44.8 Å². The molecule has 2 aromatic carbocycles. The van der Waals surface area contributed by atoms with Crippen LogP contribution in [0, 0.1) is 6.92 Å². The highest BCUT2D eigenvalue weighted by molar-refractivity contribution is 7.90. The molecule has 0 aromatic heterocycles. The summed E-state index contributed by atoms with van der Waals surface area (Å²) < 4.78 is 23.6. The van der Waals surface area contributed by atoms with Crippen molar-refractivity contribution in [1.82, 2.24) is 4.90 Å². The van der Waals surface area contributed by atoms with Gasteiger partial charge in [0.2, 0.25) is 0 Å². The summed E-state index contributed by atoms with van der Waals surface area (Å²) in [6.07, 6.45) is 1.13. The van der Waals surface area contributed by atoms with E-state index in [0.717, 1.165) is 17.4 Å². The fraction of sp³-hybridized carbons (Fsp3) is 0.316. The minimum atomic E-state index is -3.36. The van der Waals surface area contributed by atoms with Gasteiger partial charge in [0, 0.05) is 24.5 Å². The Kier molecular flexibility index (Phi) is 6.78. The molecule has 0 aliphatic heterocycles. The van der Waals surface area contributed by atoms with Crippen molar-refractivity contribution in [2.24, 2.45) is 0 Å².